The summed E-state index contributed by atoms with van der Waals surface area (Å²) in [5, 5.41) is 2.07. The topological polar surface area (TPSA) is 103 Å². The number of imide groups is 1. The molecule has 0 saturated heterocycles. The van der Waals surface area contributed by atoms with Crippen LogP contribution in [0.4, 0.5) is 4.79 Å². The van der Waals surface area contributed by atoms with Gasteiger partial charge in [-0.05, 0) is 12.0 Å². The second-order valence-electron chi connectivity index (χ2n) is 5.53. The van der Waals surface area contributed by atoms with Gasteiger partial charge in [0.25, 0.3) is 0 Å². The Bertz CT molecular complexity index is 662. The van der Waals surface area contributed by atoms with Crippen molar-refractivity contribution < 1.29 is 23.8 Å². The summed E-state index contributed by atoms with van der Waals surface area (Å²) in [4.78, 5) is 24.2. The van der Waals surface area contributed by atoms with Gasteiger partial charge in [-0.2, -0.15) is 0 Å². The zero-order valence-electron chi connectivity index (χ0n) is 14.6. The van der Waals surface area contributed by atoms with Crippen molar-refractivity contribution in [1.82, 2.24) is 10.2 Å². The van der Waals surface area contributed by atoms with Gasteiger partial charge in [0.15, 0.2) is 0 Å². The van der Waals surface area contributed by atoms with E-state index in [1.165, 1.54) is 0 Å². The quantitative estimate of drug-likeness (QED) is 0.794. The second-order valence-corrected chi connectivity index (χ2v) is 5.53. The first-order valence-electron chi connectivity index (χ1n) is 7.79. The number of primary amides is 1. The van der Waals surface area contributed by atoms with Gasteiger partial charge in [-0.1, -0.05) is 6.08 Å². The van der Waals surface area contributed by atoms with Crippen molar-refractivity contribution in [3.8, 4) is 17.2 Å². The van der Waals surface area contributed by atoms with E-state index >= 15 is 0 Å². The fourth-order valence-electron chi connectivity index (χ4n) is 2.78. The number of benzene rings is 1. The first-order chi connectivity index (χ1) is 12.0. The van der Waals surface area contributed by atoms with Crippen LogP contribution in [-0.2, 0) is 4.79 Å². The minimum Gasteiger partial charge on any atom is -0.496 e. The van der Waals surface area contributed by atoms with Crippen LogP contribution in [0.3, 0.4) is 0 Å². The van der Waals surface area contributed by atoms with Crippen molar-refractivity contribution in [3.05, 3.63) is 23.8 Å². The number of urea groups is 1. The van der Waals surface area contributed by atoms with Gasteiger partial charge in [0, 0.05) is 25.2 Å². The molecule has 1 aliphatic rings. The number of nitrogens with two attached hydrogens (primary N) is 1. The normalized spacial score (nSPS) is 14.4. The first kappa shape index (κ1) is 18.6. The zero-order chi connectivity index (χ0) is 18.4. The Morgan fingerprint density at radius 1 is 1.16 bits per heavy atom. The highest BCUT2D eigenvalue weighted by molar-refractivity contribution is 5.94. The zero-order valence-corrected chi connectivity index (χ0v) is 14.6. The molecule has 3 amide bonds. The van der Waals surface area contributed by atoms with E-state index in [-0.39, 0.29) is 6.54 Å². The lowest BCUT2D eigenvalue weighted by molar-refractivity contribution is -0.121. The highest BCUT2D eigenvalue weighted by Crippen LogP contribution is 2.40. The van der Waals surface area contributed by atoms with E-state index < -0.39 is 11.9 Å². The van der Waals surface area contributed by atoms with E-state index in [9.17, 15) is 9.59 Å². The summed E-state index contributed by atoms with van der Waals surface area (Å²) >= 11 is 0. The molecule has 0 unspecified atom stereocenters. The Balaban J connectivity index is 2.18. The van der Waals surface area contributed by atoms with Crippen molar-refractivity contribution in [2.24, 2.45) is 5.73 Å². The van der Waals surface area contributed by atoms with E-state index in [1.807, 2.05) is 23.1 Å². The summed E-state index contributed by atoms with van der Waals surface area (Å²) in [5.74, 6) is 1.58. The average molecular weight is 349 g/mol. The fraction of sp³-hybridized carbons (Fsp3) is 0.412. The third-order valence-electron chi connectivity index (χ3n) is 3.96. The molecule has 0 aliphatic carbocycles. The molecule has 0 saturated carbocycles. The minimum atomic E-state index is -0.842. The fourth-order valence-corrected chi connectivity index (χ4v) is 2.78. The molecule has 136 valence electrons. The highest BCUT2D eigenvalue weighted by atomic mass is 16.5. The average Bonchev–Trinajstić information content (AvgIpc) is 2.60. The van der Waals surface area contributed by atoms with Crippen molar-refractivity contribution >= 4 is 17.5 Å². The van der Waals surface area contributed by atoms with Gasteiger partial charge in [-0.3, -0.25) is 15.0 Å². The number of carbonyl (C=O) groups is 2. The van der Waals surface area contributed by atoms with Crippen LogP contribution in [0.5, 0.6) is 17.2 Å². The molecule has 8 heteroatoms. The molecule has 3 N–H and O–H groups in total. The molecule has 0 spiro atoms. The molecule has 1 aromatic carbocycles. The van der Waals surface area contributed by atoms with Crippen LogP contribution in [0, 0.1) is 0 Å². The molecular weight excluding hydrogens is 326 g/mol. The molecule has 1 aliphatic heterocycles. The number of nitrogens with zero attached hydrogens (tertiary/aromatic N) is 1. The summed E-state index contributed by atoms with van der Waals surface area (Å²) in [6, 6.07) is 2.78. The van der Waals surface area contributed by atoms with Gasteiger partial charge in [0.2, 0.25) is 5.91 Å². The molecular formula is C17H23N3O5. The Hall–Kier alpha value is -2.74. The van der Waals surface area contributed by atoms with Gasteiger partial charge in [0.05, 0.1) is 33.4 Å². The second kappa shape index (κ2) is 8.39. The number of amides is 3. The van der Waals surface area contributed by atoms with E-state index in [4.69, 9.17) is 19.9 Å². The largest absolute Gasteiger partial charge is 0.496 e. The molecule has 8 nitrogen and oxygen atoms in total. The molecule has 0 radical (unpaired) electrons. The SMILES string of the molecule is COc1cc(OC)c(C2=CCN(CC(=O)NC(N)=O)CC2)c(OC)c1. The molecule has 0 bridgehead atoms. The van der Waals surface area contributed by atoms with E-state index in [0.717, 1.165) is 11.1 Å². The van der Waals surface area contributed by atoms with Crippen molar-refractivity contribution in [2.75, 3.05) is 41.0 Å². The molecule has 0 aromatic heterocycles. The summed E-state index contributed by atoms with van der Waals surface area (Å²) < 4.78 is 16.2. The van der Waals surface area contributed by atoms with E-state index in [2.05, 4.69) is 5.32 Å². The van der Waals surface area contributed by atoms with Crippen LogP contribution in [0.15, 0.2) is 18.2 Å². The summed E-state index contributed by atoms with van der Waals surface area (Å²) in [7, 11) is 4.78. The Labute approximate surface area is 146 Å². The Morgan fingerprint density at radius 2 is 1.80 bits per heavy atom. The first-order valence-corrected chi connectivity index (χ1v) is 7.79. The Kier molecular flexibility index (Phi) is 6.24. The van der Waals surface area contributed by atoms with Crippen molar-refractivity contribution in [2.45, 2.75) is 6.42 Å². The van der Waals surface area contributed by atoms with Crippen molar-refractivity contribution in [3.63, 3.8) is 0 Å². The van der Waals surface area contributed by atoms with Crippen LogP contribution in [-0.4, -0.2) is 57.8 Å². The molecule has 25 heavy (non-hydrogen) atoms. The van der Waals surface area contributed by atoms with Gasteiger partial charge >= 0.3 is 6.03 Å². The Morgan fingerprint density at radius 3 is 2.24 bits per heavy atom. The highest BCUT2D eigenvalue weighted by Gasteiger charge is 2.22. The van der Waals surface area contributed by atoms with Crippen molar-refractivity contribution in [1.29, 1.82) is 0 Å². The maximum Gasteiger partial charge on any atom is 0.318 e. The molecule has 0 atom stereocenters. The number of carbonyl (C=O) groups excluding carboxylic acids is 2. The van der Waals surface area contributed by atoms with E-state index in [1.54, 1.807) is 21.3 Å². The maximum absolute atomic E-state index is 11.6. The number of nitrogens with one attached hydrogen (secondary N) is 1. The monoisotopic (exact) mass is 349 g/mol. The lowest BCUT2D eigenvalue weighted by atomic mass is 9.97. The molecule has 2 rings (SSSR count). The van der Waals surface area contributed by atoms with Crippen LogP contribution in [0.2, 0.25) is 0 Å². The van der Waals surface area contributed by atoms with Gasteiger partial charge in [0.1, 0.15) is 17.2 Å². The molecule has 1 heterocycles. The van der Waals surface area contributed by atoms with Crippen LogP contribution in [0.1, 0.15) is 12.0 Å². The van der Waals surface area contributed by atoms with Crippen LogP contribution < -0.4 is 25.3 Å². The summed E-state index contributed by atoms with van der Waals surface area (Å²) in [6.07, 6.45) is 2.73. The third kappa shape index (κ3) is 4.63. The summed E-state index contributed by atoms with van der Waals surface area (Å²) in [5.41, 5.74) is 6.90. The summed E-state index contributed by atoms with van der Waals surface area (Å²) in [6.45, 7) is 1.35. The smallest absolute Gasteiger partial charge is 0.318 e. The number of rotatable bonds is 6. The number of methoxy groups -OCH3 is 3. The maximum atomic E-state index is 11.6. The lowest BCUT2D eigenvalue weighted by Crippen LogP contribution is -2.43. The third-order valence-corrected chi connectivity index (χ3v) is 3.96. The lowest BCUT2D eigenvalue weighted by Gasteiger charge is -2.27. The standard InChI is InChI=1S/C17H23N3O5/c1-23-12-8-13(24-2)16(14(9-12)25-3)11-4-6-20(7-5-11)10-15(21)19-17(18)22/h4,8-9H,5-7,10H2,1-3H3,(H3,18,19,21,22). The van der Waals surface area contributed by atoms with Gasteiger partial charge in [-0.25, -0.2) is 4.79 Å². The number of hydrogen-bond donors (Lipinski definition) is 2. The predicted molar refractivity (Wildman–Crippen MR) is 92.9 cm³/mol. The minimum absolute atomic E-state index is 0.115. The van der Waals surface area contributed by atoms with Gasteiger partial charge < -0.3 is 19.9 Å². The number of hydrogen-bond acceptors (Lipinski definition) is 6. The van der Waals surface area contributed by atoms with Gasteiger partial charge in [-0.15, -0.1) is 0 Å². The molecule has 0 fully saturated rings. The molecule has 1 aromatic rings. The van der Waals surface area contributed by atoms with Crippen LogP contribution >= 0.6 is 0 Å². The van der Waals surface area contributed by atoms with E-state index in [0.29, 0.717) is 36.8 Å². The predicted octanol–water partition coefficient (Wildman–Crippen LogP) is 0.996. The number of ether oxygens (including phenoxy) is 3. The van der Waals surface area contributed by atoms with Crippen LogP contribution in [0.25, 0.3) is 5.57 Å².